The second-order valence-electron chi connectivity index (χ2n) is 2.86. The van der Waals surface area contributed by atoms with Gasteiger partial charge in [-0.1, -0.05) is 11.6 Å². The van der Waals surface area contributed by atoms with Crippen LogP contribution >= 0.6 is 38.9 Å². The van der Waals surface area contributed by atoms with Crippen molar-refractivity contribution in [1.82, 2.24) is 9.97 Å². The van der Waals surface area contributed by atoms with Crippen molar-refractivity contribution in [2.45, 2.75) is 4.21 Å². The molecule has 1 N–H and O–H groups in total. The SMILES string of the molecule is O=S(=O)(Nc1nccnc1Cl)c1ccc(Br)s1. The number of halogens is 2. The van der Waals surface area contributed by atoms with Gasteiger partial charge >= 0.3 is 0 Å². The fraction of sp³-hybridized carbons (Fsp3) is 0. The Hall–Kier alpha value is -0.700. The number of rotatable bonds is 3. The molecule has 0 saturated carbocycles. The Kier molecular flexibility index (Phi) is 3.67. The lowest BCUT2D eigenvalue weighted by atomic mass is 10.7. The van der Waals surface area contributed by atoms with Gasteiger partial charge < -0.3 is 0 Å². The van der Waals surface area contributed by atoms with Crippen LogP contribution in [0, 0.1) is 0 Å². The summed E-state index contributed by atoms with van der Waals surface area (Å²) in [6, 6.07) is 3.14. The highest BCUT2D eigenvalue weighted by atomic mass is 79.9. The molecule has 17 heavy (non-hydrogen) atoms. The number of hydrogen-bond acceptors (Lipinski definition) is 5. The van der Waals surface area contributed by atoms with Crippen LogP contribution in [0.25, 0.3) is 0 Å². The van der Waals surface area contributed by atoms with E-state index in [1.807, 2.05) is 0 Å². The molecule has 0 fully saturated rings. The fourth-order valence-electron chi connectivity index (χ4n) is 1.01. The second-order valence-corrected chi connectivity index (χ2v) is 7.59. The lowest BCUT2D eigenvalue weighted by Gasteiger charge is -2.05. The van der Waals surface area contributed by atoms with E-state index in [-0.39, 0.29) is 15.2 Å². The number of hydrogen-bond donors (Lipinski definition) is 1. The van der Waals surface area contributed by atoms with E-state index in [0.717, 1.165) is 15.1 Å². The molecule has 0 radical (unpaired) electrons. The summed E-state index contributed by atoms with van der Waals surface area (Å²) in [4.78, 5) is 7.54. The van der Waals surface area contributed by atoms with Crippen molar-refractivity contribution in [3.63, 3.8) is 0 Å². The molecule has 0 aliphatic carbocycles. The van der Waals surface area contributed by atoms with Gasteiger partial charge in [-0.05, 0) is 28.1 Å². The highest BCUT2D eigenvalue weighted by Crippen LogP contribution is 2.28. The van der Waals surface area contributed by atoms with Crippen LogP contribution in [-0.2, 0) is 10.0 Å². The van der Waals surface area contributed by atoms with Crippen molar-refractivity contribution >= 4 is 54.7 Å². The smallest absolute Gasteiger partial charge is 0.260 e. The molecule has 0 aliphatic rings. The Balaban J connectivity index is 2.33. The molecule has 2 aromatic rings. The minimum atomic E-state index is -3.66. The van der Waals surface area contributed by atoms with Gasteiger partial charge in [0, 0.05) is 12.4 Å². The monoisotopic (exact) mass is 353 g/mol. The zero-order valence-electron chi connectivity index (χ0n) is 8.09. The number of thiophene rings is 1. The quantitative estimate of drug-likeness (QED) is 0.920. The molecule has 0 saturated heterocycles. The molecule has 0 aliphatic heterocycles. The Morgan fingerprint density at radius 1 is 1.29 bits per heavy atom. The average Bonchev–Trinajstić information content (AvgIpc) is 2.69. The molecule has 5 nitrogen and oxygen atoms in total. The molecule has 90 valence electrons. The van der Waals surface area contributed by atoms with Crippen LogP contribution in [0.3, 0.4) is 0 Å². The van der Waals surface area contributed by atoms with Gasteiger partial charge in [0.2, 0.25) is 0 Å². The molecule has 0 bridgehead atoms. The first-order valence-electron chi connectivity index (χ1n) is 4.24. The molecule has 0 atom stereocenters. The summed E-state index contributed by atoms with van der Waals surface area (Å²) in [5, 5.41) is 0.00620. The maximum absolute atomic E-state index is 11.9. The van der Waals surface area contributed by atoms with Gasteiger partial charge in [-0.15, -0.1) is 11.3 Å². The van der Waals surface area contributed by atoms with Crippen LogP contribution < -0.4 is 4.72 Å². The number of aromatic nitrogens is 2. The van der Waals surface area contributed by atoms with Crippen molar-refractivity contribution < 1.29 is 8.42 Å². The van der Waals surface area contributed by atoms with E-state index >= 15 is 0 Å². The first kappa shape index (κ1) is 12.7. The van der Waals surface area contributed by atoms with Crippen LogP contribution in [-0.4, -0.2) is 18.4 Å². The van der Waals surface area contributed by atoms with Gasteiger partial charge in [0.25, 0.3) is 10.0 Å². The zero-order chi connectivity index (χ0) is 12.5. The Morgan fingerprint density at radius 3 is 2.59 bits per heavy atom. The summed E-state index contributed by atoms with van der Waals surface area (Å²) in [6.45, 7) is 0. The third kappa shape index (κ3) is 2.95. The highest BCUT2D eigenvalue weighted by Gasteiger charge is 2.18. The highest BCUT2D eigenvalue weighted by molar-refractivity contribution is 9.11. The number of anilines is 1. The molecule has 2 aromatic heterocycles. The van der Waals surface area contributed by atoms with E-state index in [1.54, 1.807) is 6.07 Å². The predicted octanol–water partition coefficient (Wildman–Crippen LogP) is 2.75. The number of sulfonamides is 1. The van der Waals surface area contributed by atoms with Crippen molar-refractivity contribution in [3.05, 3.63) is 33.5 Å². The maximum atomic E-state index is 11.9. The minimum Gasteiger partial charge on any atom is -0.260 e. The Morgan fingerprint density at radius 2 is 2.00 bits per heavy atom. The molecule has 0 amide bonds. The molecular weight excluding hydrogens is 350 g/mol. The standard InChI is InChI=1S/C8H5BrClN3O2S2/c9-5-1-2-6(16-5)17(14,15)13-8-7(10)11-3-4-12-8/h1-4H,(H,12,13). The van der Waals surface area contributed by atoms with Crippen molar-refractivity contribution in [2.75, 3.05) is 4.72 Å². The summed E-state index contributed by atoms with van der Waals surface area (Å²) in [5.74, 6) is 0.0127. The third-order valence-corrected chi connectivity index (χ3v) is 5.43. The molecule has 2 rings (SSSR count). The summed E-state index contributed by atoms with van der Waals surface area (Å²) in [5.41, 5.74) is 0. The topological polar surface area (TPSA) is 72.0 Å². The summed E-state index contributed by atoms with van der Waals surface area (Å²) in [7, 11) is -3.66. The molecule has 0 spiro atoms. The maximum Gasteiger partial charge on any atom is 0.272 e. The van der Waals surface area contributed by atoms with Crippen LogP contribution in [0.1, 0.15) is 0 Å². The van der Waals surface area contributed by atoms with Crippen LogP contribution in [0.15, 0.2) is 32.5 Å². The minimum absolute atomic E-state index is 0.00620. The molecule has 2 heterocycles. The van der Waals surface area contributed by atoms with Gasteiger partial charge in [0.15, 0.2) is 11.0 Å². The summed E-state index contributed by atoms with van der Waals surface area (Å²) in [6.07, 6.45) is 2.73. The molecule has 0 unspecified atom stereocenters. The molecular formula is C8H5BrClN3O2S2. The number of nitrogens with one attached hydrogen (secondary N) is 1. The first-order valence-corrected chi connectivity index (χ1v) is 7.71. The fourth-order valence-corrected chi connectivity index (χ4v) is 4.24. The van der Waals surface area contributed by atoms with Gasteiger partial charge in [-0.25, -0.2) is 18.4 Å². The van der Waals surface area contributed by atoms with E-state index < -0.39 is 10.0 Å². The van der Waals surface area contributed by atoms with E-state index in [9.17, 15) is 8.42 Å². The van der Waals surface area contributed by atoms with E-state index in [1.165, 1.54) is 18.5 Å². The first-order chi connectivity index (χ1) is 7.99. The van der Waals surface area contributed by atoms with Gasteiger partial charge in [0.1, 0.15) is 4.21 Å². The van der Waals surface area contributed by atoms with Gasteiger partial charge in [-0.3, -0.25) is 4.72 Å². The predicted molar refractivity (Wildman–Crippen MR) is 69.9 cm³/mol. The third-order valence-electron chi connectivity index (χ3n) is 1.70. The number of nitrogens with zero attached hydrogens (tertiary/aromatic N) is 2. The van der Waals surface area contributed by atoms with Crippen molar-refractivity contribution in [2.24, 2.45) is 0 Å². The van der Waals surface area contributed by atoms with E-state index in [0.29, 0.717) is 0 Å². The largest absolute Gasteiger partial charge is 0.272 e. The second kappa shape index (κ2) is 4.89. The zero-order valence-corrected chi connectivity index (χ0v) is 12.1. The van der Waals surface area contributed by atoms with Gasteiger partial charge in [-0.2, -0.15) is 0 Å². The van der Waals surface area contributed by atoms with Crippen molar-refractivity contribution in [3.8, 4) is 0 Å². The molecule has 0 aromatic carbocycles. The van der Waals surface area contributed by atoms with Crippen LogP contribution in [0.4, 0.5) is 5.82 Å². The summed E-state index contributed by atoms with van der Waals surface area (Å²) < 4.78 is 27.0. The Labute approximate surface area is 115 Å². The normalized spacial score (nSPS) is 11.4. The average molecular weight is 355 g/mol. The van der Waals surface area contributed by atoms with Gasteiger partial charge in [0.05, 0.1) is 3.79 Å². The summed E-state index contributed by atoms with van der Waals surface area (Å²) >= 11 is 10.0. The lowest BCUT2D eigenvalue weighted by Crippen LogP contribution is -2.13. The van der Waals surface area contributed by atoms with Crippen LogP contribution in [0.5, 0.6) is 0 Å². The molecule has 9 heteroatoms. The van der Waals surface area contributed by atoms with Crippen molar-refractivity contribution in [1.29, 1.82) is 0 Å². The lowest BCUT2D eigenvalue weighted by molar-refractivity contribution is 0.603. The van der Waals surface area contributed by atoms with Crippen LogP contribution in [0.2, 0.25) is 5.15 Å². The van der Waals surface area contributed by atoms with E-state index in [4.69, 9.17) is 11.6 Å². The Bertz CT molecular complexity index is 644. The van der Waals surface area contributed by atoms with E-state index in [2.05, 4.69) is 30.6 Å².